The third kappa shape index (κ3) is 3.97. The van der Waals surface area contributed by atoms with Crippen LogP contribution >= 0.6 is 0 Å². The molecule has 23 heavy (non-hydrogen) atoms. The lowest BCUT2D eigenvalue weighted by Crippen LogP contribution is -2.42. The number of anilines is 1. The van der Waals surface area contributed by atoms with Gasteiger partial charge in [0.25, 0.3) is 0 Å². The number of carbonyl (C=O) groups excluding carboxylic acids is 2. The number of carboxylic acid groups (broad SMARTS) is 1. The van der Waals surface area contributed by atoms with Gasteiger partial charge in [0.1, 0.15) is 5.82 Å². The summed E-state index contributed by atoms with van der Waals surface area (Å²) < 4.78 is 18.4. The molecule has 8 heteroatoms. The monoisotopic (exact) mass is 324 g/mol. The number of nitrogens with one attached hydrogen (secondary N) is 1. The van der Waals surface area contributed by atoms with Gasteiger partial charge in [0.15, 0.2) is 0 Å². The molecule has 0 unspecified atom stereocenters. The maximum atomic E-state index is 13.9. The number of carboxylic acids is 1. The molecule has 1 fully saturated rings. The quantitative estimate of drug-likeness (QED) is 0.828. The van der Waals surface area contributed by atoms with Crippen molar-refractivity contribution >= 4 is 23.7 Å². The van der Waals surface area contributed by atoms with E-state index in [-0.39, 0.29) is 11.3 Å². The minimum absolute atomic E-state index is 0.0465. The largest absolute Gasteiger partial charge is 0.481 e. The minimum Gasteiger partial charge on any atom is -0.481 e. The summed E-state index contributed by atoms with van der Waals surface area (Å²) >= 11 is 0. The van der Waals surface area contributed by atoms with Gasteiger partial charge in [0.05, 0.1) is 24.3 Å². The molecule has 0 saturated carbocycles. The number of rotatable bonds is 3. The van der Waals surface area contributed by atoms with Crippen molar-refractivity contribution in [2.45, 2.75) is 12.8 Å². The second kappa shape index (κ2) is 7.08. The molecule has 1 aliphatic heterocycles. The molecule has 1 aromatic carbocycles. The predicted octanol–water partition coefficient (Wildman–Crippen LogP) is 1.94. The maximum absolute atomic E-state index is 13.9. The number of hydrogen-bond acceptors (Lipinski definition) is 4. The lowest BCUT2D eigenvalue weighted by Gasteiger charge is -2.30. The number of likely N-dealkylation sites (tertiary alicyclic amines) is 1. The first-order chi connectivity index (χ1) is 10.9. The molecule has 124 valence electrons. The summed E-state index contributed by atoms with van der Waals surface area (Å²) in [5, 5.41) is 11.3. The summed E-state index contributed by atoms with van der Waals surface area (Å²) in [4.78, 5) is 35.7. The van der Waals surface area contributed by atoms with E-state index < -0.39 is 29.7 Å². The molecule has 7 nitrogen and oxygen atoms in total. The molecule has 1 aliphatic rings. The number of methoxy groups -OCH3 is 1. The van der Waals surface area contributed by atoms with Crippen molar-refractivity contribution < 1.29 is 28.6 Å². The molecule has 2 rings (SSSR count). The highest BCUT2D eigenvalue weighted by atomic mass is 19.1. The Morgan fingerprint density at radius 2 is 1.96 bits per heavy atom. The van der Waals surface area contributed by atoms with Gasteiger partial charge in [0.2, 0.25) is 0 Å². The van der Waals surface area contributed by atoms with Crippen LogP contribution < -0.4 is 5.32 Å². The Labute approximate surface area is 132 Å². The van der Waals surface area contributed by atoms with Crippen molar-refractivity contribution in [2.75, 3.05) is 25.5 Å². The summed E-state index contributed by atoms with van der Waals surface area (Å²) in [6.45, 7) is 0.593. The number of halogens is 1. The highest BCUT2D eigenvalue weighted by molar-refractivity contribution is 5.92. The molecule has 0 atom stereocenters. The van der Waals surface area contributed by atoms with E-state index in [4.69, 9.17) is 5.11 Å². The van der Waals surface area contributed by atoms with Gasteiger partial charge in [-0.3, -0.25) is 4.79 Å². The number of aliphatic carboxylic acids is 1. The number of hydrogen-bond donors (Lipinski definition) is 2. The summed E-state index contributed by atoms with van der Waals surface area (Å²) in [5.74, 6) is -2.73. The number of esters is 1. The van der Waals surface area contributed by atoms with Gasteiger partial charge in [-0.25, -0.2) is 14.0 Å². The van der Waals surface area contributed by atoms with E-state index in [2.05, 4.69) is 10.1 Å². The number of carbonyl (C=O) groups is 3. The zero-order valence-electron chi connectivity index (χ0n) is 12.5. The molecule has 2 amide bonds. The van der Waals surface area contributed by atoms with Crippen LogP contribution in [0.3, 0.4) is 0 Å². The first-order valence-electron chi connectivity index (χ1n) is 7.09. The lowest BCUT2D eigenvalue weighted by molar-refractivity contribution is -0.143. The van der Waals surface area contributed by atoms with Crippen LogP contribution in [-0.4, -0.2) is 48.2 Å². The van der Waals surface area contributed by atoms with Crippen LogP contribution in [0.5, 0.6) is 0 Å². The Balaban J connectivity index is 1.98. The number of urea groups is 1. The number of piperidine rings is 1. The SMILES string of the molecule is COC(=O)c1ccc(NC(=O)N2CCC(C(=O)O)CC2)c(F)c1. The summed E-state index contributed by atoms with van der Waals surface area (Å²) in [7, 11) is 1.19. The fourth-order valence-corrected chi connectivity index (χ4v) is 2.39. The average molecular weight is 324 g/mol. The van der Waals surface area contributed by atoms with Gasteiger partial charge in [-0.2, -0.15) is 0 Å². The molecule has 1 heterocycles. The van der Waals surface area contributed by atoms with Crippen LogP contribution in [0, 0.1) is 11.7 Å². The lowest BCUT2D eigenvalue weighted by atomic mass is 9.97. The molecule has 0 aliphatic carbocycles. The van der Waals surface area contributed by atoms with Gasteiger partial charge in [-0.15, -0.1) is 0 Å². The van der Waals surface area contributed by atoms with Gasteiger partial charge >= 0.3 is 18.0 Å². The molecule has 0 spiro atoms. The second-order valence-electron chi connectivity index (χ2n) is 5.22. The topological polar surface area (TPSA) is 95.9 Å². The van der Waals surface area contributed by atoms with Crippen molar-refractivity contribution in [3.05, 3.63) is 29.6 Å². The van der Waals surface area contributed by atoms with E-state index in [1.54, 1.807) is 0 Å². The Bertz CT molecular complexity index is 626. The maximum Gasteiger partial charge on any atom is 0.337 e. The number of nitrogens with zero attached hydrogens (tertiary/aromatic N) is 1. The number of benzene rings is 1. The number of amides is 2. The molecule has 0 radical (unpaired) electrons. The zero-order valence-corrected chi connectivity index (χ0v) is 12.5. The van der Waals surface area contributed by atoms with Crippen molar-refractivity contribution in [2.24, 2.45) is 5.92 Å². The van der Waals surface area contributed by atoms with Crippen LogP contribution in [0.4, 0.5) is 14.9 Å². The molecule has 0 bridgehead atoms. The third-order valence-electron chi connectivity index (χ3n) is 3.76. The summed E-state index contributed by atoms with van der Waals surface area (Å²) in [5.41, 5.74) is -0.00622. The van der Waals surface area contributed by atoms with Crippen LogP contribution in [0.15, 0.2) is 18.2 Å². The summed E-state index contributed by atoms with van der Waals surface area (Å²) in [6.07, 6.45) is 0.735. The predicted molar refractivity (Wildman–Crippen MR) is 78.7 cm³/mol. The standard InChI is InChI=1S/C15H17FN2O5/c1-23-14(21)10-2-3-12(11(16)8-10)17-15(22)18-6-4-9(5-7-18)13(19)20/h2-3,8-9H,4-7H2,1H3,(H,17,22)(H,19,20). The van der Waals surface area contributed by atoms with Crippen LogP contribution in [0.1, 0.15) is 23.2 Å². The number of ether oxygens (including phenoxy) is 1. The highest BCUT2D eigenvalue weighted by Gasteiger charge is 2.27. The van der Waals surface area contributed by atoms with Gasteiger partial charge in [0, 0.05) is 13.1 Å². The molecule has 2 N–H and O–H groups in total. The van der Waals surface area contributed by atoms with E-state index in [0.29, 0.717) is 25.9 Å². The molecular formula is C15H17FN2O5. The highest BCUT2D eigenvalue weighted by Crippen LogP contribution is 2.20. The average Bonchev–Trinajstić information content (AvgIpc) is 2.55. The molecule has 0 aromatic heterocycles. The molecule has 1 aromatic rings. The first kappa shape index (κ1) is 16.7. The zero-order chi connectivity index (χ0) is 17.0. The Hall–Kier alpha value is -2.64. The van der Waals surface area contributed by atoms with Gasteiger partial charge < -0.3 is 20.1 Å². The van der Waals surface area contributed by atoms with Gasteiger partial charge in [-0.05, 0) is 31.0 Å². The van der Waals surface area contributed by atoms with E-state index >= 15 is 0 Å². The molecular weight excluding hydrogens is 307 g/mol. The second-order valence-corrected chi connectivity index (χ2v) is 5.22. The van der Waals surface area contributed by atoms with E-state index in [1.807, 2.05) is 0 Å². The fourth-order valence-electron chi connectivity index (χ4n) is 2.39. The fraction of sp³-hybridized carbons (Fsp3) is 0.400. The minimum atomic E-state index is -0.866. The van der Waals surface area contributed by atoms with Crippen molar-refractivity contribution in [1.29, 1.82) is 0 Å². The van der Waals surface area contributed by atoms with Gasteiger partial charge in [-0.1, -0.05) is 0 Å². The van der Waals surface area contributed by atoms with E-state index in [1.165, 1.54) is 24.1 Å². The molecule has 1 saturated heterocycles. The third-order valence-corrected chi connectivity index (χ3v) is 3.76. The van der Waals surface area contributed by atoms with E-state index in [9.17, 15) is 18.8 Å². The van der Waals surface area contributed by atoms with Crippen LogP contribution in [0.25, 0.3) is 0 Å². The first-order valence-corrected chi connectivity index (χ1v) is 7.09. The van der Waals surface area contributed by atoms with Crippen LogP contribution in [0.2, 0.25) is 0 Å². The van der Waals surface area contributed by atoms with Crippen LogP contribution in [-0.2, 0) is 9.53 Å². The smallest absolute Gasteiger partial charge is 0.337 e. The Kier molecular flexibility index (Phi) is 5.15. The summed E-state index contributed by atoms with van der Waals surface area (Å²) in [6, 6.07) is 3.11. The Morgan fingerprint density at radius 3 is 2.48 bits per heavy atom. The van der Waals surface area contributed by atoms with Crippen molar-refractivity contribution in [3.8, 4) is 0 Å². The van der Waals surface area contributed by atoms with E-state index in [0.717, 1.165) is 6.07 Å². The van der Waals surface area contributed by atoms with Crippen molar-refractivity contribution in [3.63, 3.8) is 0 Å². The Morgan fingerprint density at radius 1 is 1.30 bits per heavy atom. The van der Waals surface area contributed by atoms with Crippen molar-refractivity contribution in [1.82, 2.24) is 4.90 Å². The normalized spacial score (nSPS) is 15.1.